The molecule has 1 aromatic heterocycles. The summed E-state index contributed by atoms with van der Waals surface area (Å²) in [5.41, 5.74) is 2.19. The van der Waals surface area contributed by atoms with Gasteiger partial charge in [0.1, 0.15) is 22.6 Å². The Morgan fingerprint density at radius 2 is 1.97 bits per heavy atom. The molecular weight excluding hydrogens is 462 g/mol. The van der Waals surface area contributed by atoms with Crippen molar-refractivity contribution in [2.75, 3.05) is 26.8 Å². The second kappa shape index (κ2) is 9.32. The topological polar surface area (TPSA) is 72.1 Å². The maximum Gasteiger partial charge on any atom is 0.342 e. The summed E-state index contributed by atoms with van der Waals surface area (Å²) >= 11 is 3.45. The molecule has 1 aliphatic rings. The van der Waals surface area contributed by atoms with Gasteiger partial charge >= 0.3 is 5.97 Å². The average Bonchev–Trinajstić information content (AvgIpc) is 3.16. The van der Waals surface area contributed by atoms with E-state index in [1.807, 2.05) is 18.2 Å². The molecule has 2 heterocycles. The zero-order valence-corrected chi connectivity index (χ0v) is 19.3. The van der Waals surface area contributed by atoms with Gasteiger partial charge in [-0.1, -0.05) is 22.4 Å². The van der Waals surface area contributed by atoms with E-state index in [9.17, 15) is 9.90 Å². The van der Waals surface area contributed by atoms with Gasteiger partial charge in [-0.15, -0.1) is 0 Å². The molecule has 1 N–H and O–H groups in total. The van der Waals surface area contributed by atoms with Crippen LogP contribution in [0.4, 0.5) is 0 Å². The maximum atomic E-state index is 13.1. The van der Waals surface area contributed by atoms with E-state index in [-0.39, 0.29) is 12.4 Å². The predicted molar refractivity (Wildman–Crippen MR) is 123 cm³/mol. The molecule has 0 saturated carbocycles. The minimum absolute atomic E-state index is 0.152. The summed E-state index contributed by atoms with van der Waals surface area (Å²) in [6, 6.07) is 8.85. The molecule has 0 aliphatic carbocycles. The number of hydrogen-bond donors (Lipinski definition) is 1. The number of nitrogens with zero attached hydrogens (tertiary/aromatic N) is 1. The molecule has 31 heavy (non-hydrogen) atoms. The SMILES string of the molecule is CCOC(=O)c1c(-c2ccc(Br)cc2OC)oc2ccc(O)c(CN3CCCCC3)c12. The highest BCUT2D eigenvalue weighted by molar-refractivity contribution is 9.10. The van der Waals surface area contributed by atoms with Crippen LogP contribution < -0.4 is 4.74 Å². The Bertz CT molecular complexity index is 1100. The van der Waals surface area contributed by atoms with Gasteiger partial charge in [0.15, 0.2) is 5.76 Å². The summed E-state index contributed by atoms with van der Waals surface area (Å²) < 4.78 is 18.0. The van der Waals surface area contributed by atoms with Crippen molar-refractivity contribution in [3.63, 3.8) is 0 Å². The first kappa shape index (κ1) is 21.7. The number of phenols is 1. The first-order valence-corrected chi connectivity index (χ1v) is 11.3. The molecule has 0 spiro atoms. The zero-order valence-electron chi connectivity index (χ0n) is 17.7. The minimum Gasteiger partial charge on any atom is -0.508 e. The van der Waals surface area contributed by atoms with Crippen molar-refractivity contribution in [3.05, 3.63) is 45.9 Å². The Labute approximate surface area is 189 Å². The number of carbonyl (C=O) groups is 1. The van der Waals surface area contributed by atoms with Crippen LogP contribution >= 0.6 is 15.9 Å². The normalized spacial score (nSPS) is 14.7. The summed E-state index contributed by atoms with van der Waals surface area (Å²) in [5.74, 6) is 0.620. The van der Waals surface area contributed by atoms with Crippen LogP contribution in [0.5, 0.6) is 11.5 Å². The minimum atomic E-state index is -0.480. The highest BCUT2D eigenvalue weighted by Gasteiger charge is 2.29. The third-order valence-electron chi connectivity index (χ3n) is 5.66. The van der Waals surface area contributed by atoms with E-state index in [4.69, 9.17) is 13.9 Å². The quantitative estimate of drug-likeness (QED) is 0.447. The van der Waals surface area contributed by atoms with Crippen LogP contribution in [-0.4, -0.2) is 42.8 Å². The molecule has 6 nitrogen and oxygen atoms in total. The molecule has 0 atom stereocenters. The van der Waals surface area contributed by atoms with E-state index in [0.717, 1.165) is 30.4 Å². The van der Waals surface area contributed by atoms with E-state index >= 15 is 0 Å². The summed E-state index contributed by atoms with van der Waals surface area (Å²) in [7, 11) is 1.57. The molecule has 0 radical (unpaired) electrons. The van der Waals surface area contributed by atoms with Gasteiger partial charge in [0.2, 0.25) is 0 Å². The fourth-order valence-corrected chi connectivity index (χ4v) is 4.53. The van der Waals surface area contributed by atoms with Gasteiger partial charge in [-0.3, -0.25) is 4.90 Å². The lowest BCUT2D eigenvalue weighted by atomic mass is 9.99. The Morgan fingerprint density at radius 3 is 2.68 bits per heavy atom. The van der Waals surface area contributed by atoms with Crippen molar-refractivity contribution >= 4 is 32.9 Å². The number of benzene rings is 2. The second-order valence-corrected chi connectivity index (χ2v) is 8.56. The number of ether oxygens (including phenoxy) is 2. The molecule has 3 aromatic rings. The standard InChI is InChI=1S/C24H26BrNO5/c1-3-30-24(28)22-21-17(14-26-11-5-4-6-12-26)18(27)9-10-19(21)31-23(22)16-8-7-15(25)13-20(16)29-2/h7-10,13,27H,3-6,11-12,14H2,1-2H3. The molecular formula is C24H26BrNO5. The number of carbonyl (C=O) groups excluding carboxylic acids is 1. The lowest BCUT2D eigenvalue weighted by Gasteiger charge is -2.27. The largest absolute Gasteiger partial charge is 0.508 e. The van der Waals surface area contributed by atoms with Crippen LogP contribution in [0.15, 0.2) is 39.2 Å². The molecule has 2 aromatic carbocycles. The fourth-order valence-electron chi connectivity index (χ4n) is 4.19. The molecule has 4 rings (SSSR count). The molecule has 0 bridgehead atoms. The number of likely N-dealkylation sites (tertiary alicyclic amines) is 1. The van der Waals surface area contributed by atoms with Crippen LogP contribution in [0, 0.1) is 0 Å². The Hall–Kier alpha value is -2.51. The number of piperidine rings is 1. The Morgan fingerprint density at radius 1 is 1.19 bits per heavy atom. The summed E-state index contributed by atoms with van der Waals surface area (Å²) in [6.45, 7) is 4.49. The molecule has 1 aliphatic heterocycles. The van der Waals surface area contributed by atoms with Crippen molar-refractivity contribution in [3.8, 4) is 22.8 Å². The van der Waals surface area contributed by atoms with E-state index in [1.54, 1.807) is 26.2 Å². The summed E-state index contributed by atoms with van der Waals surface area (Å²) in [4.78, 5) is 15.4. The third kappa shape index (κ3) is 4.29. The number of aromatic hydroxyl groups is 1. The smallest absolute Gasteiger partial charge is 0.342 e. The first-order valence-electron chi connectivity index (χ1n) is 10.5. The first-order chi connectivity index (χ1) is 15.0. The van der Waals surface area contributed by atoms with Crippen molar-refractivity contribution in [2.24, 2.45) is 0 Å². The van der Waals surface area contributed by atoms with E-state index in [0.29, 0.717) is 45.7 Å². The average molecular weight is 488 g/mol. The Kier molecular flexibility index (Phi) is 6.53. The molecule has 164 valence electrons. The van der Waals surface area contributed by atoms with Gasteiger partial charge in [-0.2, -0.15) is 0 Å². The molecule has 0 amide bonds. The number of fused-ring (bicyclic) bond motifs is 1. The highest BCUT2D eigenvalue weighted by Crippen LogP contribution is 2.43. The van der Waals surface area contributed by atoms with Crippen LogP contribution in [0.1, 0.15) is 42.1 Å². The number of hydrogen-bond acceptors (Lipinski definition) is 6. The van der Waals surface area contributed by atoms with Gasteiger partial charge in [0, 0.05) is 22.0 Å². The molecule has 1 fully saturated rings. The predicted octanol–water partition coefficient (Wildman–Crippen LogP) is 5.74. The number of halogens is 1. The van der Waals surface area contributed by atoms with Crippen molar-refractivity contribution in [2.45, 2.75) is 32.7 Å². The second-order valence-electron chi connectivity index (χ2n) is 7.64. The van der Waals surface area contributed by atoms with Crippen LogP contribution in [0.2, 0.25) is 0 Å². The van der Waals surface area contributed by atoms with Crippen molar-refractivity contribution < 1.29 is 23.8 Å². The summed E-state index contributed by atoms with van der Waals surface area (Å²) in [5, 5.41) is 11.3. The van der Waals surface area contributed by atoms with E-state index in [2.05, 4.69) is 20.8 Å². The van der Waals surface area contributed by atoms with E-state index in [1.165, 1.54) is 6.42 Å². The van der Waals surface area contributed by atoms with E-state index < -0.39 is 5.97 Å². The van der Waals surface area contributed by atoms with Crippen molar-refractivity contribution in [1.29, 1.82) is 0 Å². The van der Waals surface area contributed by atoms with Gasteiger partial charge in [-0.25, -0.2) is 4.79 Å². The number of rotatable bonds is 6. The van der Waals surface area contributed by atoms with Crippen LogP contribution in [-0.2, 0) is 11.3 Å². The Balaban J connectivity index is 1.94. The van der Waals surface area contributed by atoms with Crippen LogP contribution in [0.3, 0.4) is 0 Å². The van der Waals surface area contributed by atoms with Crippen LogP contribution in [0.25, 0.3) is 22.3 Å². The van der Waals surface area contributed by atoms with Gasteiger partial charge in [0.05, 0.1) is 19.3 Å². The van der Waals surface area contributed by atoms with Crippen molar-refractivity contribution in [1.82, 2.24) is 4.90 Å². The van der Waals surface area contributed by atoms with Gasteiger partial charge in [-0.05, 0) is 63.2 Å². The zero-order chi connectivity index (χ0) is 22.0. The molecule has 1 saturated heterocycles. The molecule has 7 heteroatoms. The lowest BCUT2D eigenvalue weighted by molar-refractivity contribution is 0.0528. The number of furan rings is 1. The summed E-state index contributed by atoms with van der Waals surface area (Å²) in [6.07, 6.45) is 3.49. The maximum absolute atomic E-state index is 13.1. The number of methoxy groups -OCH3 is 1. The monoisotopic (exact) mass is 487 g/mol. The number of phenolic OH excluding ortho intramolecular Hbond substituents is 1. The van der Waals surface area contributed by atoms with Gasteiger partial charge < -0.3 is 19.0 Å². The van der Waals surface area contributed by atoms with Gasteiger partial charge in [0.25, 0.3) is 0 Å². The number of esters is 1. The fraction of sp³-hybridized carbons (Fsp3) is 0.375. The molecule has 0 unspecified atom stereocenters. The lowest BCUT2D eigenvalue weighted by Crippen LogP contribution is -2.29. The highest BCUT2D eigenvalue weighted by atomic mass is 79.9. The third-order valence-corrected chi connectivity index (χ3v) is 6.15.